The van der Waals surface area contributed by atoms with Gasteiger partial charge in [-0.1, -0.05) is 55.5 Å². The normalized spacial score (nSPS) is 18.1. The highest BCUT2D eigenvalue weighted by molar-refractivity contribution is 5.80. The van der Waals surface area contributed by atoms with E-state index in [0.29, 0.717) is 11.7 Å². The van der Waals surface area contributed by atoms with Crippen LogP contribution in [-0.2, 0) is 13.0 Å². The molecule has 3 N–H and O–H groups in total. The highest BCUT2D eigenvalue weighted by Crippen LogP contribution is 2.36. The van der Waals surface area contributed by atoms with E-state index in [2.05, 4.69) is 62.6 Å². The topological polar surface area (TPSA) is 111 Å². The fourth-order valence-electron chi connectivity index (χ4n) is 5.26. The average molecular weight is 471 g/mol. The Labute approximate surface area is 206 Å². The summed E-state index contributed by atoms with van der Waals surface area (Å²) in [6.07, 6.45) is 7.97. The van der Waals surface area contributed by atoms with Crippen LogP contribution in [0.4, 0.5) is 0 Å². The van der Waals surface area contributed by atoms with Gasteiger partial charge >= 0.3 is 0 Å². The van der Waals surface area contributed by atoms with Gasteiger partial charge in [0.05, 0.1) is 6.54 Å². The summed E-state index contributed by atoms with van der Waals surface area (Å²) in [5, 5.41) is 19.5. The van der Waals surface area contributed by atoms with Crippen LogP contribution < -0.4 is 5.73 Å². The molecule has 1 saturated carbocycles. The first-order valence-electron chi connectivity index (χ1n) is 12.8. The number of nitrogens with one attached hydrogen (secondary N) is 1. The van der Waals surface area contributed by atoms with Gasteiger partial charge in [-0.3, -0.25) is 0 Å². The Morgan fingerprint density at radius 1 is 1.00 bits per heavy atom. The molecule has 0 unspecified atom stereocenters. The smallest absolute Gasteiger partial charge is 0.205 e. The molecule has 2 aromatic carbocycles. The van der Waals surface area contributed by atoms with Crippen molar-refractivity contribution in [2.24, 2.45) is 11.7 Å². The molecule has 1 aliphatic rings. The van der Waals surface area contributed by atoms with Crippen molar-refractivity contribution >= 4 is 0 Å². The molecule has 1 fully saturated rings. The minimum atomic E-state index is 0.489. The van der Waals surface area contributed by atoms with Crippen molar-refractivity contribution in [3.8, 4) is 22.5 Å². The van der Waals surface area contributed by atoms with E-state index in [-0.39, 0.29) is 0 Å². The first-order chi connectivity index (χ1) is 17.2. The second-order valence-electron chi connectivity index (χ2n) is 9.57. The van der Waals surface area contributed by atoms with Crippen LogP contribution in [-0.4, -0.2) is 41.9 Å². The summed E-state index contributed by atoms with van der Waals surface area (Å²) in [5.41, 5.74) is 10.2. The SMILES string of the molecule is CCCc1nc(C2CCC(CCN)CC2)n(Cc2ccc(-c3ccccc3-c3nn[nH]n3)cc2)n1. The van der Waals surface area contributed by atoms with Gasteiger partial charge in [-0.2, -0.15) is 10.3 Å². The van der Waals surface area contributed by atoms with Crippen molar-refractivity contribution in [1.29, 1.82) is 0 Å². The van der Waals surface area contributed by atoms with E-state index in [0.717, 1.165) is 66.6 Å². The molecule has 0 atom stereocenters. The van der Waals surface area contributed by atoms with E-state index < -0.39 is 0 Å². The van der Waals surface area contributed by atoms with Crippen LogP contribution in [0.2, 0.25) is 0 Å². The molecule has 182 valence electrons. The van der Waals surface area contributed by atoms with Crippen LogP contribution in [0.1, 0.15) is 68.6 Å². The van der Waals surface area contributed by atoms with Gasteiger partial charge in [0.25, 0.3) is 0 Å². The molecule has 2 heterocycles. The third-order valence-electron chi connectivity index (χ3n) is 7.12. The van der Waals surface area contributed by atoms with Crippen LogP contribution in [0.25, 0.3) is 22.5 Å². The predicted octanol–water partition coefficient (Wildman–Crippen LogP) is 4.75. The third kappa shape index (κ3) is 5.32. The van der Waals surface area contributed by atoms with E-state index in [9.17, 15) is 0 Å². The molecule has 1 aliphatic carbocycles. The highest BCUT2D eigenvalue weighted by atomic mass is 15.5. The number of tetrazole rings is 1. The second kappa shape index (κ2) is 10.9. The van der Waals surface area contributed by atoms with Gasteiger partial charge in [-0.05, 0) is 72.9 Å². The Morgan fingerprint density at radius 2 is 1.77 bits per heavy atom. The molecule has 0 radical (unpaired) electrons. The number of aromatic nitrogens is 7. The van der Waals surface area contributed by atoms with Crippen molar-refractivity contribution in [1.82, 2.24) is 35.4 Å². The molecule has 8 nitrogen and oxygen atoms in total. The minimum Gasteiger partial charge on any atom is -0.330 e. The molecule has 8 heteroatoms. The van der Waals surface area contributed by atoms with E-state index in [1.165, 1.54) is 31.2 Å². The Hall–Kier alpha value is -3.39. The summed E-state index contributed by atoms with van der Waals surface area (Å²) in [6.45, 7) is 3.72. The van der Waals surface area contributed by atoms with Gasteiger partial charge in [0.15, 0.2) is 5.82 Å². The van der Waals surface area contributed by atoms with E-state index in [4.69, 9.17) is 15.8 Å². The van der Waals surface area contributed by atoms with E-state index in [1.807, 2.05) is 18.2 Å². The summed E-state index contributed by atoms with van der Waals surface area (Å²) >= 11 is 0. The van der Waals surface area contributed by atoms with Gasteiger partial charge in [0.1, 0.15) is 5.82 Å². The van der Waals surface area contributed by atoms with Crippen LogP contribution in [0.5, 0.6) is 0 Å². The van der Waals surface area contributed by atoms with Crippen molar-refractivity contribution in [3.63, 3.8) is 0 Å². The van der Waals surface area contributed by atoms with Crippen LogP contribution in [0, 0.1) is 5.92 Å². The highest BCUT2D eigenvalue weighted by Gasteiger charge is 2.26. The molecule has 0 bridgehead atoms. The lowest BCUT2D eigenvalue weighted by Gasteiger charge is -2.27. The first-order valence-corrected chi connectivity index (χ1v) is 12.8. The lowest BCUT2D eigenvalue weighted by Crippen LogP contribution is -2.19. The van der Waals surface area contributed by atoms with Gasteiger partial charge in [0.2, 0.25) is 5.82 Å². The Kier molecular flexibility index (Phi) is 7.28. The maximum absolute atomic E-state index is 5.80. The van der Waals surface area contributed by atoms with Gasteiger partial charge in [0, 0.05) is 17.9 Å². The summed E-state index contributed by atoms with van der Waals surface area (Å²) in [7, 11) is 0. The zero-order valence-electron chi connectivity index (χ0n) is 20.4. The van der Waals surface area contributed by atoms with E-state index in [1.54, 1.807) is 0 Å². The molecular formula is C27H34N8. The number of aromatic amines is 1. The maximum atomic E-state index is 5.80. The van der Waals surface area contributed by atoms with Gasteiger partial charge in [-0.15, -0.1) is 10.2 Å². The van der Waals surface area contributed by atoms with Crippen LogP contribution >= 0.6 is 0 Å². The number of aryl methyl sites for hydroxylation is 1. The molecule has 0 amide bonds. The molecule has 35 heavy (non-hydrogen) atoms. The lowest BCUT2D eigenvalue weighted by atomic mass is 9.80. The number of rotatable bonds is 9. The van der Waals surface area contributed by atoms with Crippen molar-refractivity contribution in [2.45, 2.75) is 64.3 Å². The van der Waals surface area contributed by atoms with Crippen molar-refractivity contribution in [2.75, 3.05) is 6.54 Å². The summed E-state index contributed by atoms with van der Waals surface area (Å²) in [4.78, 5) is 5.00. The number of H-pyrrole nitrogens is 1. The Morgan fingerprint density at radius 3 is 2.46 bits per heavy atom. The number of benzene rings is 2. The third-order valence-corrected chi connectivity index (χ3v) is 7.12. The monoisotopic (exact) mass is 470 g/mol. The zero-order chi connectivity index (χ0) is 24.0. The Balaban J connectivity index is 1.36. The van der Waals surface area contributed by atoms with Gasteiger partial charge in [-0.25, -0.2) is 9.67 Å². The summed E-state index contributed by atoms with van der Waals surface area (Å²) in [5.74, 6) is 3.99. The number of hydrogen-bond donors (Lipinski definition) is 2. The largest absolute Gasteiger partial charge is 0.330 e. The fraction of sp³-hybridized carbons (Fsp3) is 0.444. The Bertz CT molecular complexity index is 1200. The second-order valence-corrected chi connectivity index (χ2v) is 9.57. The minimum absolute atomic E-state index is 0.489. The standard InChI is InChI=1S/C27H34N8/c1-2-5-25-29-27(22-14-8-19(9-15-22)16-17-28)35(32-25)18-20-10-12-21(13-11-20)23-6-3-4-7-24(23)26-30-33-34-31-26/h3-4,6-7,10-13,19,22H,2,5,8-9,14-18,28H2,1H3,(H,30,31,33,34). The van der Waals surface area contributed by atoms with Gasteiger partial charge < -0.3 is 5.73 Å². The van der Waals surface area contributed by atoms with Crippen LogP contribution in [0.15, 0.2) is 48.5 Å². The quantitative estimate of drug-likeness (QED) is 0.365. The number of nitrogens with zero attached hydrogens (tertiary/aromatic N) is 6. The zero-order valence-corrected chi connectivity index (χ0v) is 20.4. The molecule has 5 rings (SSSR count). The van der Waals surface area contributed by atoms with Crippen molar-refractivity contribution < 1.29 is 0 Å². The predicted molar refractivity (Wildman–Crippen MR) is 137 cm³/mol. The molecule has 0 spiro atoms. The maximum Gasteiger partial charge on any atom is 0.205 e. The summed E-state index contributed by atoms with van der Waals surface area (Å²) in [6, 6.07) is 16.8. The van der Waals surface area contributed by atoms with E-state index >= 15 is 0 Å². The molecule has 2 aromatic heterocycles. The average Bonchev–Trinajstić information content (AvgIpc) is 3.56. The lowest BCUT2D eigenvalue weighted by molar-refractivity contribution is 0.302. The molecular weight excluding hydrogens is 436 g/mol. The molecule has 0 saturated heterocycles. The molecule has 0 aliphatic heterocycles. The number of hydrogen-bond acceptors (Lipinski definition) is 6. The van der Waals surface area contributed by atoms with Crippen LogP contribution in [0.3, 0.4) is 0 Å². The first kappa shape index (κ1) is 23.4. The number of nitrogens with two attached hydrogens (primary N) is 1. The molecule has 4 aromatic rings. The fourth-order valence-corrected chi connectivity index (χ4v) is 5.26. The summed E-state index contributed by atoms with van der Waals surface area (Å²) < 4.78 is 2.15. The van der Waals surface area contributed by atoms with Crippen molar-refractivity contribution in [3.05, 3.63) is 65.7 Å².